The van der Waals surface area contributed by atoms with Crippen molar-refractivity contribution in [1.82, 2.24) is 4.90 Å². The van der Waals surface area contributed by atoms with Crippen LogP contribution in [0.5, 0.6) is 0 Å². The molecular weight excluding hydrogens is 350 g/mol. The number of halogens is 1. The fraction of sp³-hybridized carbons (Fsp3) is 0.500. The fourth-order valence-electron chi connectivity index (χ4n) is 1.76. The Labute approximate surface area is 139 Å². The second-order valence-electron chi connectivity index (χ2n) is 5.87. The molecule has 0 atom stereocenters. The maximum Gasteiger partial charge on any atom is 0.411 e. The van der Waals surface area contributed by atoms with Gasteiger partial charge in [0, 0.05) is 11.9 Å². The van der Waals surface area contributed by atoms with Crippen LogP contribution in [-0.4, -0.2) is 36.2 Å². The third-order valence-corrected chi connectivity index (χ3v) is 3.37. The van der Waals surface area contributed by atoms with Crippen molar-refractivity contribution >= 4 is 28.0 Å². The highest BCUT2D eigenvalue weighted by Gasteiger charge is 2.24. The molecule has 0 heterocycles. The molecule has 1 amide bonds. The van der Waals surface area contributed by atoms with Crippen LogP contribution in [0.4, 0.5) is 4.79 Å². The molecule has 0 aliphatic rings. The number of alkyl halides is 1. The largest absolute Gasteiger partial charge is 0.468 e. The smallest absolute Gasteiger partial charge is 0.411 e. The highest BCUT2D eigenvalue weighted by Crippen LogP contribution is 2.15. The number of hydrogen-bond acceptors (Lipinski definition) is 4. The summed E-state index contributed by atoms with van der Waals surface area (Å²) in [4.78, 5) is 25.1. The van der Waals surface area contributed by atoms with Gasteiger partial charge in [-0.3, -0.25) is 9.69 Å². The van der Waals surface area contributed by atoms with E-state index in [-0.39, 0.29) is 13.1 Å². The van der Waals surface area contributed by atoms with Gasteiger partial charge in [-0.05, 0) is 31.9 Å². The molecule has 0 aliphatic heterocycles. The number of amides is 1. The Hall–Kier alpha value is -1.56. The predicted octanol–water partition coefficient (Wildman–Crippen LogP) is 3.49. The summed E-state index contributed by atoms with van der Waals surface area (Å²) < 4.78 is 9.99. The summed E-state index contributed by atoms with van der Waals surface area (Å²) in [5.41, 5.74) is 1.40. The number of carbonyl (C=O) groups excluding carboxylic acids is 2. The van der Waals surface area contributed by atoms with E-state index in [0.29, 0.717) is 0 Å². The van der Waals surface area contributed by atoms with E-state index in [1.165, 1.54) is 12.0 Å². The number of esters is 1. The zero-order valence-corrected chi connectivity index (χ0v) is 15.0. The third kappa shape index (κ3) is 6.47. The Morgan fingerprint density at radius 3 is 2.41 bits per heavy atom. The van der Waals surface area contributed by atoms with Crippen molar-refractivity contribution in [2.75, 3.05) is 13.7 Å². The topological polar surface area (TPSA) is 55.8 Å². The lowest BCUT2D eigenvalue weighted by molar-refractivity contribution is -0.142. The number of benzene rings is 1. The predicted molar refractivity (Wildman–Crippen MR) is 87.7 cm³/mol. The van der Waals surface area contributed by atoms with Crippen LogP contribution < -0.4 is 0 Å². The second kappa shape index (κ2) is 8.17. The van der Waals surface area contributed by atoms with Crippen molar-refractivity contribution in [2.24, 2.45) is 0 Å². The van der Waals surface area contributed by atoms with Crippen molar-refractivity contribution in [3.63, 3.8) is 0 Å². The molecule has 6 heteroatoms. The van der Waals surface area contributed by atoms with Crippen molar-refractivity contribution in [3.05, 3.63) is 35.4 Å². The number of carbonyl (C=O) groups is 2. The third-order valence-electron chi connectivity index (χ3n) is 2.72. The van der Waals surface area contributed by atoms with Crippen LogP contribution in [0.1, 0.15) is 31.9 Å². The molecule has 0 saturated carbocycles. The van der Waals surface area contributed by atoms with E-state index in [1.54, 1.807) is 20.8 Å². The van der Waals surface area contributed by atoms with Gasteiger partial charge in [-0.2, -0.15) is 0 Å². The highest BCUT2D eigenvalue weighted by molar-refractivity contribution is 9.08. The van der Waals surface area contributed by atoms with Crippen LogP contribution in [-0.2, 0) is 26.1 Å². The second-order valence-corrected chi connectivity index (χ2v) is 6.43. The Balaban J connectivity index is 2.89. The van der Waals surface area contributed by atoms with Gasteiger partial charge in [0.2, 0.25) is 0 Å². The molecule has 22 heavy (non-hydrogen) atoms. The fourth-order valence-corrected chi connectivity index (χ4v) is 2.11. The SMILES string of the molecule is COC(=O)CN(Cc1cccc(CBr)c1)C(=O)OC(C)(C)C. The maximum absolute atomic E-state index is 12.3. The molecule has 0 N–H and O–H groups in total. The van der Waals surface area contributed by atoms with Crippen molar-refractivity contribution < 1.29 is 19.1 Å². The van der Waals surface area contributed by atoms with E-state index in [0.717, 1.165) is 16.5 Å². The summed E-state index contributed by atoms with van der Waals surface area (Å²) in [6.45, 7) is 5.49. The molecule has 1 rings (SSSR count). The van der Waals surface area contributed by atoms with Crippen LogP contribution in [0, 0.1) is 0 Å². The first-order chi connectivity index (χ1) is 10.2. The highest BCUT2D eigenvalue weighted by atomic mass is 79.9. The van der Waals surface area contributed by atoms with Gasteiger partial charge in [-0.25, -0.2) is 4.79 Å². The van der Waals surface area contributed by atoms with Crippen molar-refractivity contribution in [3.8, 4) is 0 Å². The van der Waals surface area contributed by atoms with Gasteiger partial charge in [-0.1, -0.05) is 40.2 Å². The molecule has 0 aliphatic carbocycles. The molecule has 0 saturated heterocycles. The normalized spacial score (nSPS) is 11.0. The van der Waals surface area contributed by atoms with Gasteiger partial charge in [0.25, 0.3) is 0 Å². The minimum atomic E-state index is -0.622. The molecule has 5 nitrogen and oxygen atoms in total. The van der Waals surface area contributed by atoms with Gasteiger partial charge in [0.15, 0.2) is 0 Å². The summed E-state index contributed by atoms with van der Waals surface area (Å²) in [5.74, 6) is -0.484. The lowest BCUT2D eigenvalue weighted by Crippen LogP contribution is -2.39. The molecular formula is C16H22BrNO4. The monoisotopic (exact) mass is 371 g/mol. The minimum Gasteiger partial charge on any atom is -0.468 e. The Kier molecular flexibility index (Phi) is 6.87. The molecule has 0 radical (unpaired) electrons. The zero-order chi connectivity index (χ0) is 16.8. The van der Waals surface area contributed by atoms with Crippen molar-refractivity contribution in [1.29, 1.82) is 0 Å². The van der Waals surface area contributed by atoms with Crippen LogP contribution >= 0.6 is 15.9 Å². The Morgan fingerprint density at radius 2 is 1.86 bits per heavy atom. The molecule has 122 valence electrons. The number of rotatable bonds is 5. The summed E-state index contributed by atoms with van der Waals surface area (Å²) >= 11 is 3.40. The summed E-state index contributed by atoms with van der Waals surface area (Å²) in [7, 11) is 1.29. The van der Waals surface area contributed by atoms with E-state index in [2.05, 4.69) is 20.7 Å². The van der Waals surface area contributed by atoms with Gasteiger partial charge in [-0.15, -0.1) is 0 Å². The number of ether oxygens (including phenoxy) is 2. The minimum absolute atomic E-state index is 0.149. The van der Waals surface area contributed by atoms with Gasteiger partial charge < -0.3 is 9.47 Å². The first-order valence-electron chi connectivity index (χ1n) is 6.93. The van der Waals surface area contributed by atoms with E-state index in [1.807, 2.05) is 24.3 Å². The van der Waals surface area contributed by atoms with Crippen molar-refractivity contribution in [2.45, 2.75) is 38.2 Å². The van der Waals surface area contributed by atoms with E-state index in [4.69, 9.17) is 4.74 Å². The molecule has 0 fully saturated rings. The summed E-state index contributed by atoms with van der Waals surface area (Å²) in [6.07, 6.45) is -0.540. The first kappa shape index (κ1) is 18.5. The molecule has 0 spiro atoms. The molecule has 1 aromatic carbocycles. The number of nitrogens with zero attached hydrogens (tertiary/aromatic N) is 1. The van der Waals surface area contributed by atoms with Crippen LogP contribution in [0.15, 0.2) is 24.3 Å². The zero-order valence-electron chi connectivity index (χ0n) is 13.4. The van der Waals surface area contributed by atoms with Crippen LogP contribution in [0.3, 0.4) is 0 Å². The Morgan fingerprint density at radius 1 is 1.23 bits per heavy atom. The quantitative estimate of drug-likeness (QED) is 0.587. The van der Waals surface area contributed by atoms with Crippen LogP contribution in [0.25, 0.3) is 0 Å². The first-order valence-corrected chi connectivity index (χ1v) is 8.06. The van der Waals surface area contributed by atoms with Gasteiger partial charge in [0.1, 0.15) is 12.1 Å². The van der Waals surface area contributed by atoms with Crippen LogP contribution in [0.2, 0.25) is 0 Å². The molecule has 0 aromatic heterocycles. The van der Waals surface area contributed by atoms with E-state index in [9.17, 15) is 9.59 Å². The molecule has 0 bridgehead atoms. The van der Waals surface area contributed by atoms with Gasteiger partial charge >= 0.3 is 12.1 Å². The molecule has 1 aromatic rings. The lowest BCUT2D eigenvalue weighted by atomic mass is 10.1. The maximum atomic E-state index is 12.3. The van der Waals surface area contributed by atoms with Gasteiger partial charge in [0.05, 0.1) is 7.11 Å². The van der Waals surface area contributed by atoms with E-state index < -0.39 is 17.7 Å². The summed E-state index contributed by atoms with van der Waals surface area (Å²) in [6, 6.07) is 7.78. The average molecular weight is 372 g/mol. The Bertz CT molecular complexity index is 525. The van der Waals surface area contributed by atoms with E-state index >= 15 is 0 Å². The number of hydrogen-bond donors (Lipinski definition) is 0. The lowest BCUT2D eigenvalue weighted by Gasteiger charge is -2.26. The average Bonchev–Trinajstić information content (AvgIpc) is 2.44. The standard InChI is InChI=1S/C16H22BrNO4/c1-16(2,3)22-15(20)18(11-14(19)21-4)10-13-7-5-6-12(8-13)9-17/h5-8H,9-11H2,1-4H3. The summed E-state index contributed by atoms with van der Waals surface area (Å²) in [5, 5.41) is 0.726. The number of methoxy groups -OCH3 is 1. The molecule has 0 unspecified atom stereocenters.